The Kier molecular flexibility index (Phi) is 7.26. The molecule has 1 aliphatic rings. The van der Waals surface area contributed by atoms with Crippen molar-refractivity contribution in [3.05, 3.63) is 60.2 Å². The summed E-state index contributed by atoms with van der Waals surface area (Å²) in [6, 6.07) is 13.7. The largest absolute Gasteiger partial charge is 0.492 e. The predicted molar refractivity (Wildman–Crippen MR) is 145 cm³/mol. The molecule has 0 amide bonds. The van der Waals surface area contributed by atoms with Gasteiger partial charge in [0.05, 0.1) is 42.0 Å². The van der Waals surface area contributed by atoms with Gasteiger partial charge in [-0.25, -0.2) is 19.7 Å². The molecule has 2 aromatic carbocycles. The molecule has 0 radical (unpaired) electrons. The Labute approximate surface area is 221 Å². The number of anilines is 2. The number of nitrogens with one attached hydrogen (secondary N) is 1. The van der Waals surface area contributed by atoms with Gasteiger partial charge in [0.1, 0.15) is 12.4 Å². The fourth-order valence-electron chi connectivity index (χ4n) is 4.81. The summed E-state index contributed by atoms with van der Waals surface area (Å²) in [5.41, 5.74) is 4.64. The number of likely N-dealkylation sites (N-methyl/N-ethyl adjacent to an activating group) is 1. The molecule has 198 valence electrons. The minimum atomic E-state index is -0.579. The van der Waals surface area contributed by atoms with Gasteiger partial charge in [-0.05, 0) is 50.7 Å². The Morgan fingerprint density at radius 3 is 2.61 bits per heavy atom. The van der Waals surface area contributed by atoms with Crippen molar-refractivity contribution in [3.8, 4) is 17.0 Å². The number of fused-ring (bicyclic) bond motifs is 1. The van der Waals surface area contributed by atoms with Crippen molar-refractivity contribution in [1.29, 1.82) is 0 Å². The van der Waals surface area contributed by atoms with Crippen LogP contribution in [0.3, 0.4) is 0 Å². The number of rotatable bonds is 8. The van der Waals surface area contributed by atoms with Gasteiger partial charge in [0.15, 0.2) is 11.5 Å². The van der Waals surface area contributed by atoms with Crippen molar-refractivity contribution in [2.75, 3.05) is 39.7 Å². The molecule has 2 atom stereocenters. The third-order valence-electron chi connectivity index (χ3n) is 7.00. The van der Waals surface area contributed by atoms with Crippen LogP contribution in [0, 0.1) is 6.92 Å². The number of aryl methyl sites for hydroxylation is 2. The molecule has 0 bridgehead atoms. The van der Waals surface area contributed by atoms with E-state index in [0.29, 0.717) is 29.9 Å². The van der Waals surface area contributed by atoms with Crippen molar-refractivity contribution >= 4 is 28.5 Å². The summed E-state index contributed by atoms with van der Waals surface area (Å²) in [7, 11) is 7.10. The van der Waals surface area contributed by atoms with Crippen molar-refractivity contribution in [1.82, 2.24) is 24.4 Å². The molecular weight excluding hydrogens is 484 g/mol. The van der Waals surface area contributed by atoms with E-state index in [2.05, 4.69) is 22.2 Å². The second kappa shape index (κ2) is 10.8. The van der Waals surface area contributed by atoms with E-state index >= 15 is 0 Å². The van der Waals surface area contributed by atoms with Gasteiger partial charge < -0.3 is 24.1 Å². The van der Waals surface area contributed by atoms with Gasteiger partial charge in [0, 0.05) is 38.0 Å². The maximum Gasteiger partial charge on any atom is 0.360 e. The average Bonchev–Trinajstić information content (AvgIpc) is 3.49. The average molecular weight is 517 g/mol. The molecule has 5 rings (SSSR count). The summed E-state index contributed by atoms with van der Waals surface area (Å²) >= 11 is 0. The molecule has 0 unspecified atom stereocenters. The quantitative estimate of drug-likeness (QED) is 0.349. The Hall–Kier alpha value is -4.02. The van der Waals surface area contributed by atoms with E-state index < -0.39 is 5.97 Å². The van der Waals surface area contributed by atoms with Gasteiger partial charge in [-0.1, -0.05) is 12.1 Å². The Bertz CT molecular complexity index is 1450. The van der Waals surface area contributed by atoms with Crippen molar-refractivity contribution in [3.63, 3.8) is 0 Å². The van der Waals surface area contributed by atoms with Crippen LogP contribution in [0.4, 0.5) is 11.5 Å². The SMILES string of the molecule is COC(=O)c1nc(-c2cccc3c2ncn3C)c(C)nc1Nc1ccc(OC[C@H]2C[C@H](OC)CN2C)cc1. The lowest BCUT2D eigenvalue weighted by atomic mass is 10.1. The molecule has 0 aliphatic carbocycles. The zero-order chi connectivity index (χ0) is 26.8. The molecule has 1 aliphatic heterocycles. The fourth-order valence-corrected chi connectivity index (χ4v) is 4.81. The van der Waals surface area contributed by atoms with Gasteiger partial charge in [-0.2, -0.15) is 0 Å². The molecule has 4 aromatic rings. The third-order valence-corrected chi connectivity index (χ3v) is 7.00. The van der Waals surface area contributed by atoms with Crippen LogP contribution in [-0.4, -0.2) is 77.0 Å². The summed E-state index contributed by atoms with van der Waals surface area (Å²) in [6.07, 6.45) is 2.95. The lowest BCUT2D eigenvalue weighted by molar-refractivity contribution is 0.0595. The summed E-state index contributed by atoms with van der Waals surface area (Å²) in [6.45, 7) is 3.36. The summed E-state index contributed by atoms with van der Waals surface area (Å²) in [5.74, 6) is 0.502. The van der Waals surface area contributed by atoms with Gasteiger partial charge >= 0.3 is 5.97 Å². The maximum absolute atomic E-state index is 12.7. The molecule has 10 nitrogen and oxygen atoms in total. The van der Waals surface area contributed by atoms with Crippen LogP contribution in [0.15, 0.2) is 48.8 Å². The smallest absolute Gasteiger partial charge is 0.360 e. The van der Waals surface area contributed by atoms with Gasteiger partial charge in [0.25, 0.3) is 0 Å². The first-order chi connectivity index (χ1) is 18.4. The minimum Gasteiger partial charge on any atom is -0.492 e. The molecule has 0 saturated carbocycles. The first-order valence-corrected chi connectivity index (χ1v) is 12.5. The number of esters is 1. The zero-order valence-electron chi connectivity index (χ0n) is 22.3. The number of carbonyl (C=O) groups is 1. The first-order valence-electron chi connectivity index (χ1n) is 12.5. The van der Waals surface area contributed by atoms with Crippen molar-refractivity contribution in [2.24, 2.45) is 7.05 Å². The van der Waals surface area contributed by atoms with Crippen LogP contribution in [0.1, 0.15) is 22.6 Å². The predicted octanol–water partition coefficient (Wildman–Crippen LogP) is 3.97. The van der Waals surface area contributed by atoms with E-state index in [9.17, 15) is 4.79 Å². The fraction of sp³-hybridized carbons (Fsp3) is 0.357. The summed E-state index contributed by atoms with van der Waals surface area (Å²) in [5, 5.41) is 3.22. The van der Waals surface area contributed by atoms with E-state index in [0.717, 1.165) is 41.0 Å². The molecule has 1 fully saturated rings. The number of likely N-dealkylation sites (tertiary alicyclic amines) is 1. The normalized spacial score (nSPS) is 17.6. The molecule has 1 N–H and O–H groups in total. The lowest BCUT2D eigenvalue weighted by Gasteiger charge is -2.19. The molecule has 38 heavy (non-hydrogen) atoms. The Morgan fingerprint density at radius 2 is 1.89 bits per heavy atom. The number of carbonyl (C=O) groups excluding carboxylic acids is 1. The highest BCUT2D eigenvalue weighted by atomic mass is 16.5. The van der Waals surface area contributed by atoms with E-state index in [1.165, 1.54) is 7.11 Å². The highest BCUT2D eigenvalue weighted by molar-refractivity contribution is 5.96. The molecule has 2 aromatic heterocycles. The number of hydrogen-bond acceptors (Lipinski definition) is 9. The van der Waals surface area contributed by atoms with Gasteiger partial charge in [-0.15, -0.1) is 0 Å². The van der Waals surface area contributed by atoms with Crippen molar-refractivity contribution < 1.29 is 19.0 Å². The number of methoxy groups -OCH3 is 2. The van der Waals surface area contributed by atoms with Crippen LogP contribution in [0.5, 0.6) is 5.75 Å². The third kappa shape index (κ3) is 5.05. The van der Waals surface area contributed by atoms with Crippen molar-refractivity contribution in [2.45, 2.75) is 25.5 Å². The molecule has 0 spiro atoms. The number of hydrogen-bond donors (Lipinski definition) is 1. The highest BCUT2D eigenvalue weighted by Gasteiger charge is 2.29. The molecule has 3 heterocycles. The van der Waals surface area contributed by atoms with Crippen LogP contribution in [0.2, 0.25) is 0 Å². The van der Waals surface area contributed by atoms with E-state index in [-0.39, 0.29) is 11.8 Å². The molecule has 1 saturated heterocycles. The summed E-state index contributed by atoms with van der Waals surface area (Å²) in [4.78, 5) is 28.9. The van der Waals surface area contributed by atoms with E-state index in [1.54, 1.807) is 13.4 Å². The van der Waals surface area contributed by atoms with Crippen LogP contribution >= 0.6 is 0 Å². The van der Waals surface area contributed by atoms with E-state index in [4.69, 9.17) is 24.2 Å². The standard InChI is InChI=1S/C28H32N6O4/c1-17-24(22-7-6-8-23-25(22)29-16-34(23)3)32-26(28(35)37-5)27(30-17)31-18-9-11-20(12-10-18)38-15-19-13-21(36-4)14-33(19)2/h6-12,16,19,21H,13-15H2,1-5H3,(H,30,31)/t19-,21+/m1/s1. The minimum absolute atomic E-state index is 0.0957. The monoisotopic (exact) mass is 516 g/mol. The number of benzene rings is 2. The van der Waals surface area contributed by atoms with Crippen LogP contribution in [0.25, 0.3) is 22.3 Å². The zero-order valence-corrected chi connectivity index (χ0v) is 22.3. The van der Waals surface area contributed by atoms with Gasteiger partial charge in [-0.3, -0.25) is 4.90 Å². The van der Waals surface area contributed by atoms with Crippen LogP contribution in [-0.2, 0) is 16.5 Å². The van der Waals surface area contributed by atoms with Gasteiger partial charge in [0.2, 0.25) is 0 Å². The lowest BCUT2D eigenvalue weighted by Crippen LogP contribution is -2.30. The molecule has 10 heteroatoms. The number of aromatic nitrogens is 4. The Morgan fingerprint density at radius 1 is 1.11 bits per heavy atom. The maximum atomic E-state index is 12.7. The highest BCUT2D eigenvalue weighted by Crippen LogP contribution is 2.31. The van der Waals surface area contributed by atoms with E-state index in [1.807, 2.05) is 61.0 Å². The first kappa shape index (κ1) is 25.6. The molecular formula is C28H32N6O4. The second-order valence-corrected chi connectivity index (χ2v) is 9.52. The number of para-hydroxylation sites is 1. The number of nitrogens with zero attached hydrogens (tertiary/aromatic N) is 5. The van der Waals surface area contributed by atoms with Crippen LogP contribution < -0.4 is 10.1 Å². The topological polar surface area (TPSA) is 104 Å². The number of ether oxygens (including phenoxy) is 3. The summed E-state index contributed by atoms with van der Waals surface area (Å²) < 4.78 is 18.5. The number of imidazole rings is 1. The second-order valence-electron chi connectivity index (χ2n) is 9.52. The Balaban J connectivity index is 1.37.